The predicted molar refractivity (Wildman–Crippen MR) is 89.2 cm³/mol. The van der Waals surface area contributed by atoms with Crippen molar-refractivity contribution in [3.63, 3.8) is 0 Å². The Bertz CT molecular complexity index is 633. The molecule has 1 saturated heterocycles. The summed E-state index contributed by atoms with van der Waals surface area (Å²) < 4.78 is 22.2. The Balaban J connectivity index is 1.91. The number of halogens is 1. The van der Waals surface area contributed by atoms with E-state index in [1.807, 2.05) is 24.3 Å². The quantitative estimate of drug-likeness (QED) is 0.885. The van der Waals surface area contributed by atoms with E-state index in [1.165, 1.54) is 0 Å². The summed E-state index contributed by atoms with van der Waals surface area (Å²) in [6.07, 6.45) is 3.01. The molecule has 1 unspecified atom stereocenters. The van der Waals surface area contributed by atoms with Crippen molar-refractivity contribution in [1.82, 2.24) is 5.32 Å². The van der Waals surface area contributed by atoms with Gasteiger partial charge in [-0.05, 0) is 25.0 Å². The molecule has 0 bridgehead atoms. The molecule has 1 aromatic carbocycles. The van der Waals surface area contributed by atoms with Gasteiger partial charge < -0.3 is 10.2 Å². The van der Waals surface area contributed by atoms with Gasteiger partial charge in [0.05, 0.1) is 16.5 Å². The molecule has 1 aliphatic rings. The molecular formula is C15H21ClN2O3S. The summed E-state index contributed by atoms with van der Waals surface area (Å²) >= 11 is 6.22. The first-order valence-electron chi connectivity index (χ1n) is 7.32. The fourth-order valence-corrected chi connectivity index (χ4v) is 3.41. The Morgan fingerprint density at radius 2 is 2.14 bits per heavy atom. The highest BCUT2D eigenvalue weighted by molar-refractivity contribution is 7.90. The van der Waals surface area contributed by atoms with E-state index < -0.39 is 9.84 Å². The number of benzene rings is 1. The highest BCUT2D eigenvalue weighted by Crippen LogP contribution is 2.27. The fourth-order valence-electron chi connectivity index (χ4n) is 2.60. The number of para-hydroxylation sites is 1. The topological polar surface area (TPSA) is 66.5 Å². The average molecular weight is 345 g/mol. The van der Waals surface area contributed by atoms with Crippen LogP contribution in [0.3, 0.4) is 0 Å². The highest BCUT2D eigenvalue weighted by Gasteiger charge is 2.23. The lowest BCUT2D eigenvalue weighted by Crippen LogP contribution is -2.48. The molecular weight excluding hydrogens is 324 g/mol. The van der Waals surface area contributed by atoms with E-state index in [4.69, 9.17) is 11.6 Å². The molecule has 1 aliphatic heterocycles. The number of nitrogens with one attached hydrogen (secondary N) is 1. The van der Waals surface area contributed by atoms with Crippen molar-refractivity contribution in [2.45, 2.75) is 25.3 Å². The average Bonchev–Trinajstić information content (AvgIpc) is 2.45. The van der Waals surface area contributed by atoms with Crippen molar-refractivity contribution in [3.05, 3.63) is 29.3 Å². The summed E-state index contributed by atoms with van der Waals surface area (Å²) in [5.74, 6) is -0.323. The number of sulfone groups is 1. The summed E-state index contributed by atoms with van der Waals surface area (Å²) in [5.41, 5.74) is 0.972. The molecule has 7 heteroatoms. The Morgan fingerprint density at radius 3 is 2.82 bits per heavy atom. The van der Waals surface area contributed by atoms with Crippen LogP contribution in [0.15, 0.2) is 24.3 Å². The minimum atomic E-state index is -3.11. The van der Waals surface area contributed by atoms with E-state index in [0.29, 0.717) is 11.6 Å². The zero-order valence-electron chi connectivity index (χ0n) is 12.6. The number of anilines is 1. The predicted octanol–water partition coefficient (Wildman–Crippen LogP) is 1.86. The molecule has 1 atom stereocenters. The van der Waals surface area contributed by atoms with Crippen molar-refractivity contribution in [3.8, 4) is 0 Å². The Hall–Kier alpha value is -1.27. The van der Waals surface area contributed by atoms with Crippen molar-refractivity contribution < 1.29 is 13.2 Å². The van der Waals surface area contributed by atoms with Gasteiger partial charge in [0, 0.05) is 31.8 Å². The third kappa shape index (κ3) is 5.18. The zero-order chi connectivity index (χ0) is 16.2. The minimum Gasteiger partial charge on any atom is -0.368 e. The van der Waals surface area contributed by atoms with Gasteiger partial charge in [-0.25, -0.2) is 8.42 Å². The van der Waals surface area contributed by atoms with Gasteiger partial charge in [0.25, 0.3) is 0 Å². The molecule has 1 amide bonds. The third-order valence-corrected chi connectivity index (χ3v) is 4.94. The van der Waals surface area contributed by atoms with Crippen LogP contribution >= 0.6 is 11.6 Å². The maximum absolute atomic E-state index is 11.8. The smallest absolute Gasteiger partial charge is 0.221 e. The molecule has 5 nitrogen and oxygen atoms in total. The Labute approximate surface area is 136 Å². The SMILES string of the molecule is CS(=O)(=O)CCC(=O)NC1CCCN(c2ccccc2Cl)C1. The normalized spacial score (nSPS) is 19.0. The number of hydrogen-bond donors (Lipinski definition) is 1. The second-order valence-electron chi connectivity index (χ2n) is 5.68. The molecule has 1 N–H and O–H groups in total. The van der Waals surface area contributed by atoms with Crippen LogP contribution in [0.2, 0.25) is 5.02 Å². The summed E-state index contributed by atoms with van der Waals surface area (Å²) in [4.78, 5) is 14.0. The standard InChI is InChI=1S/C15H21ClN2O3S/c1-22(20,21)10-8-15(19)17-12-5-4-9-18(11-12)14-7-3-2-6-13(14)16/h2-3,6-7,12H,4-5,8-11H2,1H3,(H,17,19). The lowest BCUT2D eigenvalue weighted by atomic mass is 10.0. The molecule has 0 saturated carbocycles. The number of piperidine rings is 1. The van der Waals surface area contributed by atoms with Crippen LogP contribution in [0, 0.1) is 0 Å². The molecule has 122 valence electrons. The van der Waals surface area contributed by atoms with Gasteiger partial charge >= 0.3 is 0 Å². The maximum atomic E-state index is 11.8. The van der Waals surface area contributed by atoms with Crippen LogP contribution in [0.5, 0.6) is 0 Å². The first kappa shape index (κ1) is 17.1. The maximum Gasteiger partial charge on any atom is 0.221 e. The molecule has 0 aliphatic carbocycles. The van der Waals surface area contributed by atoms with Gasteiger partial charge in [-0.1, -0.05) is 23.7 Å². The third-order valence-electron chi connectivity index (χ3n) is 3.68. The second kappa shape index (κ2) is 7.33. The van der Waals surface area contributed by atoms with E-state index >= 15 is 0 Å². The van der Waals surface area contributed by atoms with Crippen LogP contribution in [-0.4, -0.2) is 45.5 Å². The molecule has 1 heterocycles. The lowest BCUT2D eigenvalue weighted by molar-refractivity contribution is -0.121. The van der Waals surface area contributed by atoms with Crippen molar-refractivity contribution in [2.75, 3.05) is 30.0 Å². The van der Waals surface area contributed by atoms with Crippen LogP contribution in [0.1, 0.15) is 19.3 Å². The van der Waals surface area contributed by atoms with Crippen molar-refractivity contribution in [2.24, 2.45) is 0 Å². The van der Waals surface area contributed by atoms with E-state index in [-0.39, 0.29) is 24.1 Å². The first-order valence-corrected chi connectivity index (χ1v) is 9.75. The van der Waals surface area contributed by atoms with Gasteiger partial charge in [0.15, 0.2) is 0 Å². The van der Waals surface area contributed by atoms with E-state index in [9.17, 15) is 13.2 Å². The molecule has 0 aromatic heterocycles. The van der Waals surface area contributed by atoms with Crippen LogP contribution in [-0.2, 0) is 14.6 Å². The number of hydrogen-bond acceptors (Lipinski definition) is 4. The van der Waals surface area contributed by atoms with Gasteiger partial charge in [-0.2, -0.15) is 0 Å². The number of nitrogens with zero attached hydrogens (tertiary/aromatic N) is 1. The Kier molecular flexibility index (Phi) is 5.69. The summed E-state index contributed by atoms with van der Waals surface area (Å²) in [6.45, 7) is 1.59. The number of carbonyl (C=O) groups is 1. The van der Waals surface area contributed by atoms with Gasteiger partial charge in [-0.15, -0.1) is 0 Å². The van der Waals surface area contributed by atoms with Crippen LogP contribution in [0.4, 0.5) is 5.69 Å². The first-order chi connectivity index (χ1) is 10.3. The molecule has 1 aromatic rings. The molecule has 0 radical (unpaired) electrons. The molecule has 0 spiro atoms. The number of carbonyl (C=O) groups excluding carboxylic acids is 1. The molecule has 22 heavy (non-hydrogen) atoms. The largest absolute Gasteiger partial charge is 0.368 e. The monoisotopic (exact) mass is 344 g/mol. The molecule has 2 rings (SSSR count). The van der Waals surface area contributed by atoms with Gasteiger partial charge in [-0.3, -0.25) is 4.79 Å². The van der Waals surface area contributed by atoms with E-state index in [0.717, 1.165) is 31.3 Å². The van der Waals surface area contributed by atoms with Crippen LogP contribution < -0.4 is 10.2 Å². The summed E-state index contributed by atoms with van der Waals surface area (Å²) in [7, 11) is -3.11. The second-order valence-corrected chi connectivity index (χ2v) is 8.35. The van der Waals surface area contributed by atoms with Gasteiger partial charge in [0.1, 0.15) is 9.84 Å². The lowest BCUT2D eigenvalue weighted by Gasteiger charge is -2.35. The van der Waals surface area contributed by atoms with Crippen LogP contribution in [0.25, 0.3) is 0 Å². The number of rotatable bonds is 5. The fraction of sp³-hybridized carbons (Fsp3) is 0.533. The zero-order valence-corrected chi connectivity index (χ0v) is 14.2. The van der Waals surface area contributed by atoms with E-state index in [1.54, 1.807) is 0 Å². The minimum absolute atomic E-state index is 0.0153. The highest BCUT2D eigenvalue weighted by atomic mass is 35.5. The molecule has 1 fully saturated rings. The Morgan fingerprint density at radius 1 is 1.41 bits per heavy atom. The van der Waals surface area contributed by atoms with E-state index in [2.05, 4.69) is 10.2 Å². The van der Waals surface area contributed by atoms with Crippen molar-refractivity contribution in [1.29, 1.82) is 0 Å². The number of amides is 1. The van der Waals surface area contributed by atoms with Gasteiger partial charge in [0.2, 0.25) is 5.91 Å². The van der Waals surface area contributed by atoms with Crippen molar-refractivity contribution >= 4 is 33.0 Å². The summed E-state index contributed by atoms with van der Waals surface area (Å²) in [6, 6.07) is 7.67. The summed E-state index contributed by atoms with van der Waals surface area (Å²) in [5, 5.41) is 3.62.